The molecule has 1 unspecified atom stereocenters. The topological polar surface area (TPSA) is 85.2 Å². The third kappa shape index (κ3) is 7.24. The van der Waals surface area contributed by atoms with Crippen molar-refractivity contribution in [3.63, 3.8) is 0 Å². The first-order valence-electron chi connectivity index (χ1n) is 17.7. The van der Waals surface area contributed by atoms with E-state index < -0.39 is 0 Å². The molecule has 3 aromatic carbocycles. The fourth-order valence-electron chi connectivity index (χ4n) is 7.74. The van der Waals surface area contributed by atoms with Gasteiger partial charge in [-0.3, -0.25) is 9.78 Å². The van der Waals surface area contributed by atoms with Gasteiger partial charge in [-0.25, -0.2) is 4.98 Å². The lowest BCUT2D eigenvalue weighted by molar-refractivity contribution is 0.0780. The number of halogens is 2. The van der Waals surface area contributed by atoms with Gasteiger partial charge in [0.05, 0.1) is 49.0 Å². The van der Waals surface area contributed by atoms with Crippen LogP contribution in [0.2, 0.25) is 10.0 Å². The maximum absolute atomic E-state index is 14.1. The summed E-state index contributed by atoms with van der Waals surface area (Å²) in [4.78, 5) is 30.3. The molecule has 272 valence electrons. The molecule has 0 aliphatic carbocycles. The third-order valence-corrected chi connectivity index (χ3v) is 11.3. The Bertz CT molecular complexity index is 2020. The van der Waals surface area contributed by atoms with Crippen molar-refractivity contribution in [2.24, 2.45) is 0 Å². The zero-order chi connectivity index (χ0) is 36.2. The molecule has 0 N–H and O–H groups in total. The highest BCUT2D eigenvalue weighted by Gasteiger charge is 2.42. The Kier molecular flexibility index (Phi) is 10.8. The van der Waals surface area contributed by atoms with E-state index in [-0.39, 0.29) is 11.3 Å². The van der Waals surface area contributed by atoms with Gasteiger partial charge in [-0.05, 0) is 92.0 Å². The van der Waals surface area contributed by atoms with Crippen molar-refractivity contribution in [2.75, 3.05) is 72.0 Å². The van der Waals surface area contributed by atoms with Crippen molar-refractivity contribution in [3.8, 4) is 17.2 Å². The van der Waals surface area contributed by atoms with Gasteiger partial charge >= 0.3 is 0 Å². The van der Waals surface area contributed by atoms with E-state index in [1.54, 1.807) is 33.5 Å². The van der Waals surface area contributed by atoms with Crippen LogP contribution < -0.4 is 19.1 Å². The standard InChI is InChI=1S/C40H44Cl2N6O4/c1-50-35-23-29(24-36(51-2)37(35)52-3)38(49)47-20-14-40(27-47,30-9-10-31(41)32(42)25-30)13-19-45-17-6-18-46(22-21-45)39-44-33-7-4-5-8-34(33)48(39)26-28-11-15-43-16-12-28/h4-5,7-12,15-16,23-25H,6,13-14,17-22,26-27H2,1-3H3. The van der Waals surface area contributed by atoms with Crippen LogP contribution in [0.15, 0.2) is 79.1 Å². The summed E-state index contributed by atoms with van der Waals surface area (Å²) in [5.74, 6) is 2.27. The summed E-state index contributed by atoms with van der Waals surface area (Å²) in [6.07, 6.45) is 6.37. The number of methoxy groups -OCH3 is 3. The molecule has 0 saturated carbocycles. The van der Waals surface area contributed by atoms with Crippen LogP contribution in [-0.4, -0.2) is 97.4 Å². The van der Waals surface area contributed by atoms with Gasteiger partial charge in [-0.2, -0.15) is 0 Å². The molecule has 2 aromatic heterocycles. The van der Waals surface area contributed by atoms with Gasteiger partial charge in [0.1, 0.15) is 0 Å². The molecule has 0 bridgehead atoms. The van der Waals surface area contributed by atoms with Crippen LogP contribution in [0.5, 0.6) is 17.2 Å². The molecule has 2 aliphatic rings. The van der Waals surface area contributed by atoms with E-state index in [0.29, 0.717) is 45.9 Å². The number of imidazole rings is 1. The van der Waals surface area contributed by atoms with E-state index in [1.807, 2.05) is 35.5 Å². The van der Waals surface area contributed by atoms with Gasteiger partial charge in [0, 0.05) is 56.1 Å². The molecule has 1 atom stereocenters. The number of aromatic nitrogens is 3. The second kappa shape index (κ2) is 15.6. The summed E-state index contributed by atoms with van der Waals surface area (Å²) >= 11 is 13.0. The second-order valence-electron chi connectivity index (χ2n) is 13.6. The SMILES string of the molecule is COc1cc(C(=O)N2CCC(CCN3CCCN(c4nc5ccccc5n4Cc4ccncc4)CC3)(c3ccc(Cl)c(Cl)c3)C2)cc(OC)c1OC. The van der Waals surface area contributed by atoms with E-state index in [2.05, 4.69) is 55.7 Å². The average molecular weight is 744 g/mol. The minimum atomic E-state index is -0.297. The number of anilines is 1. The number of hydrogen-bond donors (Lipinski definition) is 0. The highest BCUT2D eigenvalue weighted by Crippen LogP contribution is 2.43. The van der Waals surface area contributed by atoms with Crippen LogP contribution in [-0.2, 0) is 12.0 Å². The zero-order valence-corrected chi connectivity index (χ0v) is 31.4. The van der Waals surface area contributed by atoms with E-state index in [4.69, 9.17) is 42.4 Å². The van der Waals surface area contributed by atoms with Gasteiger partial charge in [-0.1, -0.05) is 41.4 Å². The Balaban J connectivity index is 1.09. The minimum Gasteiger partial charge on any atom is -0.493 e. The van der Waals surface area contributed by atoms with Gasteiger partial charge in [0.15, 0.2) is 11.5 Å². The molecule has 2 saturated heterocycles. The molecule has 0 spiro atoms. The van der Waals surface area contributed by atoms with E-state index in [9.17, 15) is 4.79 Å². The Morgan fingerprint density at radius 3 is 2.35 bits per heavy atom. The van der Waals surface area contributed by atoms with Crippen molar-refractivity contribution < 1.29 is 19.0 Å². The summed E-state index contributed by atoms with van der Waals surface area (Å²) in [5.41, 5.74) is 4.62. The number of hydrogen-bond acceptors (Lipinski definition) is 8. The number of ether oxygens (including phenoxy) is 3. The highest BCUT2D eigenvalue weighted by atomic mass is 35.5. The lowest BCUT2D eigenvalue weighted by Gasteiger charge is -2.33. The predicted molar refractivity (Wildman–Crippen MR) is 206 cm³/mol. The molecule has 1 amide bonds. The van der Waals surface area contributed by atoms with Gasteiger partial charge < -0.3 is 33.5 Å². The third-order valence-electron chi connectivity index (χ3n) is 10.6. The maximum atomic E-state index is 14.1. The molecular weight excluding hydrogens is 699 g/mol. The molecule has 0 radical (unpaired) electrons. The van der Waals surface area contributed by atoms with Crippen LogP contribution >= 0.6 is 23.2 Å². The largest absolute Gasteiger partial charge is 0.493 e. The predicted octanol–water partition coefficient (Wildman–Crippen LogP) is 7.20. The number of fused-ring (bicyclic) bond motifs is 1. The molecule has 12 heteroatoms. The Morgan fingerprint density at radius 1 is 0.846 bits per heavy atom. The monoisotopic (exact) mass is 742 g/mol. The van der Waals surface area contributed by atoms with E-state index >= 15 is 0 Å². The van der Waals surface area contributed by atoms with Crippen LogP contribution in [0.1, 0.15) is 40.7 Å². The molecule has 10 nitrogen and oxygen atoms in total. The normalized spacial score (nSPS) is 18.1. The van der Waals surface area contributed by atoms with Crippen LogP contribution in [0.3, 0.4) is 0 Å². The summed E-state index contributed by atoms with van der Waals surface area (Å²) in [7, 11) is 4.66. The van der Waals surface area contributed by atoms with Gasteiger partial charge in [-0.15, -0.1) is 0 Å². The quantitative estimate of drug-likeness (QED) is 0.141. The van der Waals surface area contributed by atoms with Crippen molar-refractivity contribution in [2.45, 2.75) is 31.2 Å². The van der Waals surface area contributed by atoms with Crippen LogP contribution in [0.25, 0.3) is 11.0 Å². The summed E-state index contributed by atoms with van der Waals surface area (Å²) in [6, 6.07) is 21.8. The summed E-state index contributed by atoms with van der Waals surface area (Å²) in [5, 5.41) is 1.04. The number of carbonyl (C=O) groups excluding carboxylic acids is 1. The molecule has 2 aliphatic heterocycles. The van der Waals surface area contributed by atoms with Gasteiger partial charge in [0.2, 0.25) is 11.7 Å². The molecule has 7 rings (SSSR count). The molecule has 52 heavy (non-hydrogen) atoms. The summed E-state index contributed by atoms with van der Waals surface area (Å²) in [6.45, 7) is 6.45. The number of likely N-dealkylation sites (tertiary alicyclic amines) is 1. The van der Waals surface area contributed by atoms with E-state index in [0.717, 1.165) is 81.1 Å². The first-order chi connectivity index (χ1) is 25.3. The van der Waals surface area contributed by atoms with Crippen molar-refractivity contribution in [3.05, 3.63) is 106 Å². The average Bonchev–Trinajstić information content (AvgIpc) is 3.69. The zero-order valence-electron chi connectivity index (χ0n) is 29.9. The fourth-order valence-corrected chi connectivity index (χ4v) is 8.04. The van der Waals surface area contributed by atoms with Gasteiger partial charge in [0.25, 0.3) is 5.91 Å². The number of para-hydroxylation sites is 2. The number of benzene rings is 3. The van der Waals surface area contributed by atoms with Crippen molar-refractivity contribution in [1.82, 2.24) is 24.3 Å². The second-order valence-corrected chi connectivity index (χ2v) is 14.4. The fraction of sp³-hybridized carbons (Fsp3) is 0.375. The van der Waals surface area contributed by atoms with Crippen molar-refractivity contribution >= 4 is 46.1 Å². The van der Waals surface area contributed by atoms with Crippen LogP contribution in [0.4, 0.5) is 5.95 Å². The first-order valence-corrected chi connectivity index (χ1v) is 18.4. The molecule has 2 fully saturated rings. The summed E-state index contributed by atoms with van der Waals surface area (Å²) < 4.78 is 18.9. The number of amides is 1. The Hall–Kier alpha value is -4.51. The number of rotatable bonds is 11. The number of nitrogens with zero attached hydrogens (tertiary/aromatic N) is 6. The molecule has 4 heterocycles. The minimum absolute atomic E-state index is 0.0822. The van der Waals surface area contributed by atoms with E-state index in [1.165, 1.54) is 5.56 Å². The lowest BCUT2D eigenvalue weighted by atomic mass is 9.76. The lowest BCUT2D eigenvalue weighted by Crippen LogP contribution is -2.39. The maximum Gasteiger partial charge on any atom is 0.254 e. The molecular formula is C40H44Cl2N6O4. The highest BCUT2D eigenvalue weighted by molar-refractivity contribution is 6.42. The van der Waals surface area contributed by atoms with Crippen molar-refractivity contribution in [1.29, 1.82) is 0 Å². The van der Waals surface area contributed by atoms with Crippen LogP contribution in [0, 0.1) is 0 Å². The Morgan fingerprint density at radius 2 is 1.62 bits per heavy atom. The number of pyridine rings is 1. The first kappa shape index (κ1) is 35.9. The smallest absolute Gasteiger partial charge is 0.254 e. The number of carbonyl (C=O) groups is 1. The molecule has 5 aromatic rings. The Labute approximate surface area is 314 Å².